The molecule has 0 saturated heterocycles. The van der Waals surface area contributed by atoms with Crippen LogP contribution in [0.25, 0.3) is 0 Å². The van der Waals surface area contributed by atoms with Crippen LogP contribution in [0.3, 0.4) is 0 Å². The number of aryl methyl sites for hydroxylation is 1. The van der Waals surface area contributed by atoms with Gasteiger partial charge < -0.3 is 5.32 Å². The summed E-state index contributed by atoms with van der Waals surface area (Å²) in [6.45, 7) is 1.29. The van der Waals surface area contributed by atoms with Crippen LogP contribution in [0.4, 0.5) is 0 Å². The maximum Gasteiger partial charge on any atom is 0.00683 e. The van der Waals surface area contributed by atoms with Crippen molar-refractivity contribution >= 4 is 11.3 Å². The molecule has 2 atom stereocenters. The molecule has 0 spiro atoms. The summed E-state index contributed by atoms with van der Waals surface area (Å²) in [5.41, 5.74) is 0. The molecule has 2 aliphatic rings. The predicted molar refractivity (Wildman–Crippen MR) is 79.1 cm³/mol. The highest BCUT2D eigenvalue weighted by atomic mass is 32.1. The molecule has 3 rings (SSSR count). The van der Waals surface area contributed by atoms with Gasteiger partial charge in [-0.3, -0.25) is 0 Å². The van der Waals surface area contributed by atoms with Crippen molar-refractivity contribution in [3.8, 4) is 0 Å². The van der Waals surface area contributed by atoms with Gasteiger partial charge in [0, 0.05) is 10.9 Å². The quantitative estimate of drug-likeness (QED) is 0.809. The Hall–Kier alpha value is -0.340. The molecule has 2 heteroatoms. The van der Waals surface area contributed by atoms with Crippen molar-refractivity contribution in [1.82, 2.24) is 5.32 Å². The summed E-state index contributed by atoms with van der Waals surface area (Å²) in [4.78, 5) is 1.58. The largest absolute Gasteiger partial charge is 0.314 e. The lowest BCUT2D eigenvalue weighted by Gasteiger charge is -2.32. The molecule has 1 nitrogen and oxygen atoms in total. The minimum atomic E-state index is 0.880. The second kappa shape index (κ2) is 6.21. The number of nitrogens with one attached hydrogen (secondary N) is 1. The van der Waals surface area contributed by atoms with Gasteiger partial charge in [-0.15, -0.1) is 11.3 Å². The molecular weight excluding hydrogens is 238 g/mol. The molecule has 0 aromatic carbocycles. The Morgan fingerprint density at radius 2 is 1.94 bits per heavy atom. The fourth-order valence-corrected chi connectivity index (χ4v) is 4.05. The lowest BCUT2D eigenvalue weighted by atomic mass is 9.77. The zero-order chi connectivity index (χ0) is 12.2. The monoisotopic (exact) mass is 263 g/mol. The molecule has 18 heavy (non-hydrogen) atoms. The van der Waals surface area contributed by atoms with Gasteiger partial charge in [0.05, 0.1) is 0 Å². The third kappa shape index (κ3) is 3.58. The SMILES string of the molecule is c1csc(CCC2CCCCC2CNC2CC2)c1. The molecule has 0 radical (unpaired) electrons. The summed E-state index contributed by atoms with van der Waals surface area (Å²) in [7, 11) is 0. The van der Waals surface area contributed by atoms with E-state index in [4.69, 9.17) is 0 Å². The van der Waals surface area contributed by atoms with Gasteiger partial charge in [0.1, 0.15) is 0 Å². The first-order valence-corrected chi connectivity index (χ1v) is 8.55. The van der Waals surface area contributed by atoms with Gasteiger partial charge in [0.15, 0.2) is 0 Å². The molecule has 2 unspecified atom stereocenters. The van der Waals surface area contributed by atoms with E-state index < -0.39 is 0 Å². The van der Waals surface area contributed by atoms with Gasteiger partial charge in [-0.25, -0.2) is 0 Å². The Morgan fingerprint density at radius 1 is 1.11 bits per heavy atom. The Labute approximate surface area is 115 Å². The van der Waals surface area contributed by atoms with Gasteiger partial charge >= 0.3 is 0 Å². The van der Waals surface area contributed by atoms with Crippen LogP contribution in [-0.4, -0.2) is 12.6 Å². The summed E-state index contributed by atoms with van der Waals surface area (Å²) in [5, 5.41) is 5.96. The second-order valence-electron chi connectivity index (χ2n) is 6.11. The van der Waals surface area contributed by atoms with Crippen molar-refractivity contribution in [3.63, 3.8) is 0 Å². The molecule has 1 aromatic rings. The molecule has 2 saturated carbocycles. The van der Waals surface area contributed by atoms with Crippen molar-refractivity contribution in [3.05, 3.63) is 22.4 Å². The average Bonchev–Trinajstić information content (AvgIpc) is 3.09. The second-order valence-corrected chi connectivity index (χ2v) is 7.14. The maximum atomic E-state index is 3.75. The first-order chi connectivity index (χ1) is 8.92. The van der Waals surface area contributed by atoms with Crippen molar-refractivity contribution in [2.45, 2.75) is 57.4 Å². The van der Waals surface area contributed by atoms with E-state index in [9.17, 15) is 0 Å². The highest BCUT2D eigenvalue weighted by Gasteiger charge is 2.27. The van der Waals surface area contributed by atoms with E-state index in [0.29, 0.717) is 0 Å². The van der Waals surface area contributed by atoms with Gasteiger partial charge in [-0.2, -0.15) is 0 Å². The molecule has 0 bridgehead atoms. The summed E-state index contributed by atoms with van der Waals surface area (Å²) >= 11 is 1.93. The number of hydrogen-bond donors (Lipinski definition) is 1. The van der Waals surface area contributed by atoms with Gasteiger partial charge in [0.2, 0.25) is 0 Å². The number of hydrogen-bond acceptors (Lipinski definition) is 2. The first-order valence-electron chi connectivity index (χ1n) is 7.67. The molecule has 1 aromatic heterocycles. The standard InChI is InChI=1S/C16H25NS/c1-2-5-14(12-17-15-8-9-15)13(4-1)7-10-16-6-3-11-18-16/h3,6,11,13-15,17H,1-2,4-5,7-10,12H2. The van der Waals surface area contributed by atoms with Crippen molar-refractivity contribution in [2.24, 2.45) is 11.8 Å². The summed E-state index contributed by atoms with van der Waals surface area (Å²) in [6.07, 6.45) is 11.4. The molecule has 2 aliphatic carbocycles. The Morgan fingerprint density at radius 3 is 2.67 bits per heavy atom. The van der Waals surface area contributed by atoms with Crippen LogP contribution >= 0.6 is 11.3 Å². The van der Waals surface area contributed by atoms with Crippen LogP contribution in [-0.2, 0) is 6.42 Å². The van der Waals surface area contributed by atoms with E-state index in [-0.39, 0.29) is 0 Å². The Balaban J connectivity index is 1.47. The van der Waals surface area contributed by atoms with E-state index in [0.717, 1.165) is 17.9 Å². The topological polar surface area (TPSA) is 12.0 Å². The minimum absolute atomic E-state index is 0.880. The third-order valence-corrected chi connectivity index (χ3v) is 5.59. The van der Waals surface area contributed by atoms with Gasteiger partial charge in [-0.1, -0.05) is 25.3 Å². The minimum Gasteiger partial charge on any atom is -0.314 e. The van der Waals surface area contributed by atoms with E-state index in [1.807, 2.05) is 11.3 Å². The van der Waals surface area contributed by atoms with Crippen molar-refractivity contribution < 1.29 is 0 Å². The number of thiophene rings is 1. The van der Waals surface area contributed by atoms with Crippen LogP contribution in [0.2, 0.25) is 0 Å². The summed E-state index contributed by atoms with van der Waals surface area (Å²) in [6, 6.07) is 5.36. The number of rotatable bonds is 6. The molecule has 100 valence electrons. The first kappa shape index (κ1) is 12.7. The smallest absolute Gasteiger partial charge is 0.00683 e. The zero-order valence-corrected chi connectivity index (χ0v) is 12.1. The van der Waals surface area contributed by atoms with E-state index in [2.05, 4.69) is 22.8 Å². The molecule has 1 N–H and O–H groups in total. The third-order valence-electron chi connectivity index (χ3n) is 4.65. The van der Waals surface area contributed by atoms with Gasteiger partial charge in [-0.05, 0) is 61.9 Å². The predicted octanol–water partition coefficient (Wildman–Crippen LogP) is 4.24. The van der Waals surface area contributed by atoms with Crippen LogP contribution in [0.5, 0.6) is 0 Å². The normalized spacial score (nSPS) is 28.4. The van der Waals surface area contributed by atoms with E-state index >= 15 is 0 Å². The molecule has 0 aliphatic heterocycles. The molecule has 0 amide bonds. The zero-order valence-electron chi connectivity index (χ0n) is 11.2. The average molecular weight is 263 g/mol. The highest BCUT2D eigenvalue weighted by molar-refractivity contribution is 7.09. The van der Waals surface area contributed by atoms with Crippen LogP contribution in [0.15, 0.2) is 17.5 Å². The maximum absolute atomic E-state index is 3.75. The van der Waals surface area contributed by atoms with Gasteiger partial charge in [0.25, 0.3) is 0 Å². The van der Waals surface area contributed by atoms with Crippen LogP contribution in [0, 0.1) is 11.8 Å². The fraction of sp³-hybridized carbons (Fsp3) is 0.750. The Bertz CT molecular complexity index is 342. The summed E-state index contributed by atoms with van der Waals surface area (Å²) < 4.78 is 0. The molecule has 2 fully saturated rings. The van der Waals surface area contributed by atoms with Crippen LogP contribution in [0.1, 0.15) is 49.8 Å². The van der Waals surface area contributed by atoms with Crippen molar-refractivity contribution in [1.29, 1.82) is 0 Å². The Kier molecular flexibility index (Phi) is 4.37. The molecule has 1 heterocycles. The lowest BCUT2D eigenvalue weighted by Crippen LogP contribution is -2.32. The lowest BCUT2D eigenvalue weighted by molar-refractivity contribution is 0.217. The fourth-order valence-electron chi connectivity index (χ4n) is 3.32. The van der Waals surface area contributed by atoms with Crippen LogP contribution < -0.4 is 5.32 Å². The van der Waals surface area contributed by atoms with E-state index in [1.54, 1.807) is 4.88 Å². The highest BCUT2D eigenvalue weighted by Crippen LogP contribution is 2.34. The summed E-state index contributed by atoms with van der Waals surface area (Å²) in [5.74, 6) is 1.94. The van der Waals surface area contributed by atoms with E-state index in [1.165, 1.54) is 57.9 Å². The molecular formula is C16H25NS. The van der Waals surface area contributed by atoms with Crippen molar-refractivity contribution in [2.75, 3.05) is 6.54 Å².